The average Bonchev–Trinajstić information content (AvgIpc) is 3.55. The Morgan fingerprint density at radius 3 is 2.09 bits per heavy atom. The lowest BCUT2D eigenvalue weighted by molar-refractivity contribution is -0.123. The molecule has 6 rings (SSSR count). The standard InChI is InChI=1S/C29H24N2O4/c1-17-5-11-23(12-6-17)35-24-13-9-21(10-14-24)30-27(32)20-3-2-4-22(16-20)31-28(33)25-18-7-8-19(15-18)26(25)29(31)34/h2-14,16,18-19,25-26H,15H2,1H3,(H,30,32). The molecule has 1 N–H and O–H groups in total. The van der Waals surface area contributed by atoms with Crippen LogP contribution < -0.4 is 15.0 Å². The second-order valence-electron chi connectivity index (χ2n) is 9.46. The number of allylic oxidation sites excluding steroid dienone is 2. The zero-order valence-corrected chi connectivity index (χ0v) is 19.2. The zero-order chi connectivity index (χ0) is 24.1. The van der Waals surface area contributed by atoms with Crippen LogP contribution in [0.4, 0.5) is 11.4 Å². The lowest BCUT2D eigenvalue weighted by Gasteiger charge is -2.18. The van der Waals surface area contributed by atoms with E-state index in [1.165, 1.54) is 4.90 Å². The Hall–Kier alpha value is -4.19. The van der Waals surface area contributed by atoms with E-state index < -0.39 is 0 Å². The van der Waals surface area contributed by atoms with Gasteiger partial charge in [0.15, 0.2) is 0 Å². The highest BCUT2D eigenvalue weighted by molar-refractivity contribution is 6.23. The minimum absolute atomic E-state index is 0.149. The van der Waals surface area contributed by atoms with Gasteiger partial charge in [0, 0.05) is 11.3 Å². The van der Waals surface area contributed by atoms with Gasteiger partial charge in [0.05, 0.1) is 17.5 Å². The van der Waals surface area contributed by atoms with Gasteiger partial charge in [0.1, 0.15) is 11.5 Å². The molecule has 35 heavy (non-hydrogen) atoms. The highest BCUT2D eigenvalue weighted by Gasteiger charge is 2.59. The molecule has 2 bridgehead atoms. The summed E-state index contributed by atoms with van der Waals surface area (Å²) in [5, 5.41) is 2.87. The summed E-state index contributed by atoms with van der Waals surface area (Å²) in [5.74, 6) is 0.535. The number of anilines is 2. The van der Waals surface area contributed by atoms with Crippen LogP contribution in [0.5, 0.6) is 11.5 Å². The Labute approximate surface area is 203 Å². The molecule has 6 heteroatoms. The number of aryl methyl sites for hydroxylation is 1. The number of rotatable bonds is 5. The first-order chi connectivity index (χ1) is 17.0. The van der Waals surface area contributed by atoms with E-state index >= 15 is 0 Å². The molecular weight excluding hydrogens is 440 g/mol. The van der Waals surface area contributed by atoms with Crippen molar-refractivity contribution in [3.63, 3.8) is 0 Å². The third-order valence-corrected chi connectivity index (χ3v) is 7.21. The van der Waals surface area contributed by atoms with E-state index in [1.807, 2.05) is 31.2 Å². The summed E-state index contributed by atoms with van der Waals surface area (Å²) >= 11 is 0. The van der Waals surface area contributed by atoms with E-state index in [-0.39, 0.29) is 41.4 Å². The molecule has 3 aliphatic rings. The minimum atomic E-state index is -0.319. The fraction of sp³-hybridized carbons (Fsp3) is 0.207. The first-order valence-corrected chi connectivity index (χ1v) is 11.8. The number of nitrogens with zero attached hydrogens (tertiary/aromatic N) is 1. The second-order valence-corrected chi connectivity index (χ2v) is 9.46. The minimum Gasteiger partial charge on any atom is -0.457 e. The largest absolute Gasteiger partial charge is 0.457 e. The molecule has 174 valence electrons. The molecule has 1 heterocycles. The maximum Gasteiger partial charge on any atom is 0.255 e. The fourth-order valence-corrected chi connectivity index (χ4v) is 5.50. The van der Waals surface area contributed by atoms with Crippen molar-refractivity contribution in [2.24, 2.45) is 23.7 Å². The predicted octanol–water partition coefficient (Wildman–Crippen LogP) is 5.35. The van der Waals surface area contributed by atoms with Gasteiger partial charge in [0.2, 0.25) is 11.8 Å². The normalized spacial score (nSPS) is 24.1. The van der Waals surface area contributed by atoms with E-state index in [2.05, 4.69) is 17.5 Å². The molecule has 2 fully saturated rings. The summed E-state index contributed by atoms with van der Waals surface area (Å²) < 4.78 is 5.83. The number of nitrogens with one attached hydrogen (secondary N) is 1. The third kappa shape index (κ3) is 3.71. The van der Waals surface area contributed by atoms with Gasteiger partial charge >= 0.3 is 0 Å². The summed E-state index contributed by atoms with van der Waals surface area (Å²) in [4.78, 5) is 40.4. The topological polar surface area (TPSA) is 75.7 Å². The molecular formula is C29H24N2O4. The van der Waals surface area contributed by atoms with Crippen molar-refractivity contribution in [2.45, 2.75) is 13.3 Å². The summed E-state index contributed by atoms with van der Waals surface area (Å²) in [6.07, 6.45) is 5.03. The van der Waals surface area contributed by atoms with E-state index in [9.17, 15) is 14.4 Å². The molecule has 3 amide bonds. The molecule has 0 spiro atoms. The lowest BCUT2D eigenvalue weighted by atomic mass is 9.85. The highest BCUT2D eigenvalue weighted by Crippen LogP contribution is 2.53. The van der Waals surface area contributed by atoms with Crippen molar-refractivity contribution < 1.29 is 19.1 Å². The molecule has 0 aromatic heterocycles. The molecule has 4 atom stereocenters. The van der Waals surface area contributed by atoms with Gasteiger partial charge in [-0.2, -0.15) is 0 Å². The number of carbonyl (C=O) groups excluding carboxylic acids is 3. The summed E-state index contributed by atoms with van der Waals surface area (Å²) in [5.41, 5.74) is 2.59. The van der Waals surface area contributed by atoms with E-state index in [1.54, 1.807) is 48.5 Å². The predicted molar refractivity (Wildman–Crippen MR) is 132 cm³/mol. The number of benzene rings is 3. The van der Waals surface area contributed by atoms with E-state index in [0.29, 0.717) is 22.7 Å². The van der Waals surface area contributed by atoms with Crippen LogP contribution in [-0.4, -0.2) is 17.7 Å². The molecule has 3 aromatic rings. The van der Waals surface area contributed by atoms with Crippen LogP contribution in [-0.2, 0) is 9.59 Å². The Kier molecular flexibility index (Phi) is 5.02. The van der Waals surface area contributed by atoms with Crippen molar-refractivity contribution in [3.8, 4) is 11.5 Å². The summed E-state index contributed by atoms with van der Waals surface area (Å²) in [6.45, 7) is 2.02. The van der Waals surface area contributed by atoms with Gasteiger partial charge in [0.25, 0.3) is 5.91 Å². The first-order valence-electron chi connectivity index (χ1n) is 11.8. The van der Waals surface area contributed by atoms with Gasteiger partial charge in [-0.15, -0.1) is 0 Å². The van der Waals surface area contributed by atoms with Crippen molar-refractivity contribution in [1.29, 1.82) is 0 Å². The molecule has 0 radical (unpaired) electrons. The maximum atomic E-state index is 13.1. The molecule has 4 unspecified atom stereocenters. The molecule has 3 aromatic carbocycles. The van der Waals surface area contributed by atoms with Gasteiger partial charge < -0.3 is 10.1 Å². The molecule has 2 aliphatic carbocycles. The molecule has 6 nitrogen and oxygen atoms in total. The molecule has 1 aliphatic heterocycles. The Morgan fingerprint density at radius 2 is 1.46 bits per heavy atom. The molecule has 1 saturated carbocycles. The fourth-order valence-electron chi connectivity index (χ4n) is 5.50. The van der Waals surface area contributed by atoms with E-state index in [0.717, 1.165) is 17.7 Å². The Bertz CT molecular complexity index is 1330. The number of ether oxygens (including phenoxy) is 1. The van der Waals surface area contributed by atoms with Crippen molar-refractivity contribution in [2.75, 3.05) is 10.2 Å². The van der Waals surface area contributed by atoms with Gasteiger partial charge in [-0.05, 0) is 79.8 Å². The van der Waals surface area contributed by atoms with Gasteiger partial charge in [-0.1, -0.05) is 35.9 Å². The highest BCUT2D eigenvalue weighted by atomic mass is 16.5. The number of amides is 3. The smallest absolute Gasteiger partial charge is 0.255 e. The third-order valence-electron chi connectivity index (χ3n) is 7.21. The van der Waals surface area contributed by atoms with Crippen LogP contribution in [0.2, 0.25) is 0 Å². The number of carbonyl (C=O) groups is 3. The van der Waals surface area contributed by atoms with Crippen LogP contribution in [0.1, 0.15) is 22.3 Å². The maximum absolute atomic E-state index is 13.1. The number of hydrogen-bond donors (Lipinski definition) is 1. The van der Waals surface area contributed by atoms with Gasteiger partial charge in [-0.3, -0.25) is 14.4 Å². The SMILES string of the molecule is Cc1ccc(Oc2ccc(NC(=O)c3cccc(N4C(=O)C5C6C=CC(C6)C5C4=O)c3)cc2)cc1. The molecule has 1 saturated heterocycles. The summed E-state index contributed by atoms with van der Waals surface area (Å²) in [6, 6.07) is 21.6. The quantitative estimate of drug-likeness (QED) is 0.408. The average molecular weight is 465 g/mol. The zero-order valence-electron chi connectivity index (χ0n) is 19.2. The number of fused-ring (bicyclic) bond motifs is 5. The monoisotopic (exact) mass is 464 g/mol. The van der Waals surface area contributed by atoms with E-state index in [4.69, 9.17) is 4.74 Å². The second kappa shape index (κ2) is 8.24. The first kappa shape index (κ1) is 21.4. The van der Waals surface area contributed by atoms with Crippen molar-refractivity contribution in [3.05, 3.63) is 96.1 Å². The number of imide groups is 1. The van der Waals surface area contributed by atoms with Crippen LogP contribution in [0.3, 0.4) is 0 Å². The van der Waals surface area contributed by atoms with Crippen molar-refractivity contribution >= 4 is 29.1 Å². The van der Waals surface area contributed by atoms with Crippen LogP contribution >= 0.6 is 0 Å². The van der Waals surface area contributed by atoms with Gasteiger partial charge in [-0.25, -0.2) is 4.90 Å². The number of hydrogen-bond acceptors (Lipinski definition) is 4. The Balaban J connectivity index is 1.15. The van der Waals surface area contributed by atoms with Crippen molar-refractivity contribution in [1.82, 2.24) is 0 Å². The lowest BCUT2D eigenvalue weighted by Crippen LogP contribution is -2.33. The van der Waals surface area contributed by atoms with Crippen LogP contribution in [0, 0.1) is 30.6 Å². The van der Waals surface area contributed by atoms with Crippen LogP contribution in [0.15, 0.2) is 84.9 Å². The Morgan fingerprint density at radius 1 is 0.857 bits per heavy atom. The summed E-state index contributed by atoms with van der Waals surface area (Å²) in [7, 11) is 0. The van der Waals surface area contributed by atoms with Crippen LogP contribution in [0.25, 0.3) is 0 Å².